The zero-order valence-corrected chi connectivity index (χ0v) is 20.4. The summed E-state index contributed by atoms with van der Waals surface area (Å²) in [5.41, 5.74) is 2.77. The molecular formula is C26H39N3O3. The largest absolute Gasteiger partial charge is 0.504 e. The number of aromatic hydroxyl groups is 1. The van der Waals surface area contributed by atoms with Crippen molar-refractivity contribution in [3.63, 3.8) is 0 Å². The molecule has 0 aliphatic carbocycles. The van der Waals surface area contributed by atoms with Crippen LogP contribution in [0.2, 0.25) is 0 Å². The Labute approximate surface area is 192 Å². The summed E-state index contributed by atoms with van der Waals surface area (Å²) in [6, 6.07) is 9.31. The lowest BCUT2D eigenvalue weighted by Gasteiger charge is -2.30. The first-order valence-corrected chi connectivity index (χ1v) is 11.6. The molecule has 0 spiro atoms. The Bertz CT molecular complexity index is 894. The van der Waals surface area contributed by atoms with E-state index in [1.165, 1.54) is 23.4 Å². The number of unbranched alkanes of at least 4 members (excludes halogenated alkanes) is 1. The van der Waals surface area contributed by atoms with E-state index in [0.717, 1.165) is 31.4 Å². The molecule has 1 aromatic heterocycles. The number of benzene rings is 1. The second-order valence-corrected chi connectivity index (χ2v) is 9.49. The lowest BCUT2D eigenvalue weighted by Crippen LogP contribution is -2.30. The Morgan fingerprint density at radius 1 is 1.06 bits per heavy atom. The molecule has 0 saturated heterocycles. The number of ether oxygens (including phenoxy) is 1. The van der Waals surface area contributed by atoms with Crippen LogP contribution in [0.5, 0.6) is 11.5 Å². The van der Waals surface area contributed by atoms with Crippen molar-refractivity contribution >= 4 is 11.8 Å². The molecule has 0 atom stereocenters. The summed E-state index contributed by atoms with van der Waals surface area (Å²) in [7, 11) is 0. The number of rotatable bonds is 11. The van der Waals surface area contributed by atoms with Gasteiger partial charge in [0.1, 0.15) is 5.75 Å². The monoisotopic (exact) mass is 441 g/mol. The standard InChI is InChI=1S/C26H39N3O3/c1-7-25(3,4)19-13-14-22(20(18-19)26(5,6)8-2)32-17-10-9-15-28-24(31)29-23-21(30)12-11-16-27-23/h11-14,16,18,30H,7-10,15,17H2,1-6H3,(H2,27,28,29,31). The minimum atomic E-state index is -0.388. The third kappa shape index (κ3) is 6.87. The molecule has 0 unspecified atom stereocenters. The van der Waals surface area contributed by atoms with Crippen LogP contribution in [-0.4, -0.2) is 29.3 Å². The van der Waals surface area contributed by atoms with Crippen LogP contribution in [0.1, 0.15) is 78.4 Å². The Kier molecular flexibility index (Phi) is 8.93. The fourth-order valence-electron chi connectivity index (χ4n) is 3.26. The number of aromatic nitrogens is 1. The predicted molar refractivity (Wildman–Crippen MR) is 131 cm³/mol. The third-order valence-corrected chi connectivity index (χ3v) is 6.39. The number of hydrogen-bond acceptors (Lipinski definition) is 4. The zero-order chi connectivity index (χ0) is 23.8. The molecule has 6 nitrogen and oxygen atoms in total. The molecule has 32 heavy (non-hydrogen) atoms. The van der Waals surface area contributed by atoms with Gasteiger partial charge in [-0.1, -0.05) is 53.7 Å². The number of carbonyl (C=O) groups is 1. The average Bonchev–Trinajstić information content (AvgIpc) is 2.77. The summed E-state index contributed by atoms with van der Waals surface area (Å²) in [6.07, 6.45) is 5.23. The van der Waals surface area contributed by atoms with E-state index in [2.05, 4.69) is 75.4 Å². The van der Waals surface area contributed by atoms with Crippen molar-refractivity contribution < 1.29 is 14.6 Å². The molecule has 6 heteroatoms. The average molecular weight is 442 g/mol. The van der Waals surface area contributed by atoms with Crippen LogP contribution in [0, 0.1) is 0 Å². The van der Waals surface area contributed by atoms with Gasteiger partial charge in [0.25, 0.3) is 0 Å². The van der Waals surface area contributed by atoms with Gasteiger partial charge < -0.3 is 15.2 Å². The van der Waals surface area contributed by atoms with Crippen molar-refractivity contribution in [1.82, 2.24) is 10.3 Å². The molecule has 1 aromatic carbocycles. The van der Waals surface area contributed by atoms with Crippen molar-refractivity contribution in [3.8, 4) is 11.5 Å². The topological polar surface area (TPSA) is 83.5 Å². The maximum atomic E-state index is 11.9. The Balaban J connectivity index is 1.87. The first kappa shape index (κ1) is 25.5. The normalized spacial score (nSPS) is 11.8. The molecular weight excluding hydrogens is 402 g/mol. The van der Waals surface area contributed by atoms with Gasteiger partial charge in [0.2, 0.25) is 0 Å². The highest BCUT2D eigenvalue weighted by Gasteiger charge is 2.26. The van der Waals surface area contributed by atoms with Crippen LogP contribution >= 0.6 is 0 Å². The Hall–Kier alpha value is -2.76. The predicted octanol–water partition coefficient (Wildman–Crippen LogP) is 6.14. The number of anilines is 1. The summed E-state index contributed by atoms with van der Waals surface area (Å²) >= 11 is 0. The van der Waals surface area contributed by atoms with Gasteiger partial charge in [-0.3, -0.25) is 5.32 Å². The van der Waals surface area contributed by atoms with E-state index in [1.807, 2.05) is 0 Å². The van der Waals surface area contributed by atoms with E-state index in [9.17, 15) is 9.90 Å². The quantitative estimate of drug-likeness (QED) is 0.366. The maximum Gasteiger partial charge on any atom is 0.320 e. The van der Waals surface area contributed by atoms with Gasteiger partial charge in [-0.2, -0.15) is 0 Å². The van der Waals surface area contributed by atoms with Gasteiger partial charge in [-0.15, -0.1) is 0 Å². The van der Waals surface area contributed by atoms with E-state index in [4.69, 9.17) is 4.74 Å². The smallest absolute Gasteiger partial charge is 0.320 e. The van der Waals surface area contributed by atoms with Crippen LogP contribution in [0.3, 0.4) is 0 Å². The minimum absolute atomic E-state index is 0.0336. The fourth-order valence-corrected chi connectivity index (χ4v) is 3.26. The number of pyridine rings is 1. The minimum Gasteiger partial charge on any atom is -0.504 e. The van der Waals surface area contributed by atoms with Crippen molar-refractivity contribution in [2.45, 2.75) is 78.1 Å². The third-order valence-electron chi connectivity index (χ3n) is 6.39. The number of urea groups is 1. The van der Waals surface area contributed by atoms with E-state index in [-0.39, 0.29) is 28.4 Å². The molecule has 0 radical (unpaired) electrons. The van der Waals surface area contributed by atoms with Crippen molar-refractivity contribution in [3.05, 3.63) is 47.7 Å². The summed E-state index contributed by atoms with van der Waals surface area (Å²) < 4.78 is 6.17. The molecule has 1 heterocycles. The van der Waals surface area contributed by atoms with Gasteiger partial charge in [-0.25, -0.2) is 9.78 Å². The molecule has 2 rings (SSSR count). The summed E-state index contributed by atoms with van der Waals surface area (Å²) in [6.45, 7) is 14.6. The summed E-state index contributed by atoms with van der Waals surface area (Å²) in [4.78, 5) is 15.9. The lowest BCUT2D eigenvalue weighted by molar-refractivity contribution is 0.250. The molecule has 2 aromatic rings. The molecule has 0 fully saturated rings. The van der Waals surface area contributed by atoms with Crippen molar-refractivity contribution in [2.75, 3.05) is 18.5 Å². The number of carbonyl (C=O) groups excluding carboxylic acids is 1. The van der Waals surface area contributed by atoms with E-state index in [1.54, 1.807) is 6.07 Å². The summed E-state index contributed by atoms with van der Waals surface area (Å²) in [5, 5.41) is 15.0. The molecule has 0 aliphatic rings. The summed E-state index contributed by atoms with van der Waals surface area (Å²) in [5.74, 6) is 1.04. The Morgan fingerprint density at radius 2 is 1.78 bits per heavy atom. The number of amides is 2. The maximum absolute atomic E-state index is 11.9. The first-order chi connectivity index (χ1) is 15.1. The van der Waals surface area contributed by atoms with Gasteiger partial charge in [0.15, 0.2) is 11.6 Å². The second kappa shape index (κ2) is 11.2. The zero-order valence-electron chi connectivity index (χ0n) is 20.4. The molecule has 0 aliphatic heterocycles. The van der Waals surface area contributed by atoms with Gasteiger partial charge in [0.05, 0.1) is 6.61 Å². The van der Waals surface area contributed by atoms with Crippen molar-refractivity contribution in [1.29, 1.82) is 0 Å². The van der Waals surface area contributed by atoms with Crippen LogP contribution in [-0.2, 0) is 10.8 Å². The molecule has 0 saturated carbocycles. The van der Waals surface area contributed by atoms with Crippen LogP contribution < -0.4 is 15.4 Å². The number of hydrogen-bond donors (Lipinski definition) is 3. The van der Waals surface area contributed by atoms with E-state index >= 15 is 0 Å². The van der Waals surface area contributed by atoms with Crippen molar-refractivity contribution in [2.24, 2.45) is 0 Å². The highest BCUT2D eigenvalue weighted by atomic mass is 16.5. The number of nitrogens with zero attached hydrogens (tertiary/aromatic N) is 1. The highest BCUT2D eigenvalue weighted by Crippen LogP contribution is 2.38. The molecule has 2 amide bonds. The van der Waals surface area contributed by atoms with E-state index < -0.39 is 0 Å². The van der Waals surface area contributed by atoms with Gasteiger partial charge in [0, 0.05) is 18.3 Å². The van der Waals surface area contributed by atoms with Crippen LogP contribution in [0.4, 0.5) is 10.6 Å². The van der Waals surface area contributed by atoms with Gasteiger partial charge >= 0.3 is 6.03 Å². The Morgan fingerprint density at radius 3 is 2.44 bits per heavy atom. The van der Waals surface area contributed by atoms with Crippen LogP contribution in [0.15, 0.2) is 36.5 Å². The molecule has 3 N–H and O–H groups in total. The molecule has 176 valence electrons. The number of nitrogens with one attached hydrogen (secondary N) is 2. The SMILES string of the molecule is CCC(C)(C)c1ccc(OCCCCNC(=O)Nc2ncccc2O)c(C(C)(C)CC)c1. The van der Waals surface area contributed by atoms with Crippen LogP contribution in [0.25, 0.3) is 0 Å². The molecule has 0 bridgehead atoms. The first-order valence-electron chi connectivity index (χ1n) is 11.6. The fraction of sp³-hybridized carbons (Fsp3) is 0.538. The highest BCUT2D eigenvalue weighted by molar-refractivity contribution is 5.89. The second-order valence-electron chi connectivity index (χ2n) is 9.49. The van der Waals surface area contributed by atoms with Gasteiger partial charge in [-0.05, 0) is 60.3 Å². The van der Waals surface area contributed by atoms with E-state index in [0.29, 0.717) is 13.2 Å². The lowest BCUT2D eigenvalue weighted by atomic mass is 9.76.